The Hall–Kier alpha value is -1.16. The molecule has 1 aliphatic heterocycles. The molecule has 1 aliphatic carbocycles. The van der Waals surface area contributed by atoms with Crippen molar-refractivity contribution in [3.8, 4) is 10.4 Å². The van der Waals surface area contributed by atoms with E-state index in [0.29, 0.717) is 18.2 Å². The Kier molecular flexibility index (Phi) is 7.01. The first kappa shape index (κ1) is 22.0. The lowest BCUT2D eigenvalue weighted by Crippen LogP contribution is -2.49. The third-order valence-corrected chi connectivity index (χ3v) is 7.82. The van der Waals surface area contributed by atoms with Gasteiger partial charge in [-0.05, 0) is 48.9 Å². The van der Waals surface area contributed by atoms with Crippen molar-refractivity contribution in [2.24, 2.45) is 0 Å². The highest BCUT2D eigenvalue weighted by atomic mass is 32.1. The second-order valence-electron chi connectivity index (χ2n) is 8.43. The first-order chi connectivity index (χ1) is 14.5. The van der Waals surface area contributed by atoms with Crippen LogP contribution in [0.25, 0.3) is 10.4 Å². The van der Waals surface area contributed by atoms with E-state index in [0.717, 1.165) is 42.1 Å². The molecule has 2 aromatic rings. The molecular weight excluding hydrogens is 416 g/mol. The minimum atomic E-state index is -0.674. The van der Waals surface area contributed by atoms with Gasteiger partial charge in [-0.3, -0.25) is 0 Å². The quantitative estimate of drug-likeness (QED) is 0.287. The molecule has 1 saturated carbocycles. The summed E-state index contributed by atoms with van der Waals surface area (Å²) in [4.78, 5) is 8.08. The van der Waals surface area contributed by atoms with Gasteiger partial charge in [-0.15, -0.1) is 16.8 Å². The van der Waals surface area contributed by atoms with E-state index >= 15 is 0 Å². The SMILES string of the molecule is CCN[N+](O)(S)c1cc(N2CCC(O)CC2)ccc1-c1cnc(C2CCCCC2)s1. The summed E-state index contributed by atoms with van der Waals surface area (Å²) in [7, 11) is 0. The van der Waals surface area contributed by atoms with Gasteiger partial charge < -0.3 is 10.0 Å². The third-order valence-electron chi connectivity index (χ3n) is 6.27. The fourth-order valence-electron chi connectivity index (χ4n) is 4.56. The van der Waals surface area contributed by atoms with Crippen molar-refractivity contribution in [2.45, 2.75) is 63.9 Å². The molecular formula is C22H33N4O2S2+. The van der Waals surface area contributed by atoms with Gasteiger partial charge in [-0.25, -0.2) is 4.98 Å². The highest BCUT2D eigenvalue weighted by molar-refractivity contribution is 7.79. The molecule has 0 spiro atoms. The lowest BCUT2D eigenvalue weighted by Gasteiger charge is -2.32. The van der Waals surface area contributed by atoms with Gasteiger partial charge in [-0.1, -0.05) is 19.3 Å². The summed E-state index contributed by atoms with van der Waals surface area (Å²) in [6.45, 7) is 4.15. The Morgan fingerprint density at radius 2 is 1.93 bits per heavy atom. The predicted molar refractivity (Wildman–Crippen MR) is 127 cm³/mol. The second-order valence-corrected chi connectivity index (χ2v) is 10.1. The number of rotatable bonds is 6. The zero-order valence-corrected chi connectivity index (χ0v) is 19.3. The van der Waals surface area contributed by atoms with Crippen molar-refractivity contribution in [3.63, 3.8) is 0 Å². The Morgan fingerprint density at radius 1 is 1.20 bits per heavy atom. The molecule has 30 heavy (non-hydrogen) atoms. The number of thiazole rings is 1. The number of hydrogen-bond acceptors (Lipinski definition) is 7. The average molecular weight is 450 g/mol. The summed E-state index contributed by atoms with van der Waals surface area (Å²) in [5.74, 6) is 0.568. The smallest absolute Gasteiger partial charge is 0.208 e. The first-order valence-corrected chi connectivity index (χ1v) is 12.3. The van der Waals surface area contributed by atoms with Gasteiger partial charge in [0, 0.05) is 43.5 Å². The normalized spacial score (nSPS) is 21.0. The summed E-state index contributed by atoms with van der Waals surface area (Å²) in [6.07, 6.45) is 9.64. The highest BCUT2D eigenvalue weighted by Gasteiger charge is 2.32. The Morgan fingerprint density at radius 3 is 2.63 bits per heavy atom. The molecule has 2 fully saturated rings. The molecule has 4 rings (SSSR count). The van der Waals surface area contributed by atoms with E-state index in [9.17, 15) is 10.3 Å². The molecule has 1 unspecified atom stereocenters. The van der Waals surface area contributed by atoms with Gasteiger partial charge >= 0.3 is 0 Å². The van der Waals surface area contributed by atoms with E-state index in [1.807, 2.05) is 19.2 Å². The average Bonchev–Trinajstić information content (AvgIpc) is 3.25. The van der Waals surface area contributed by atoms with Crippen LogP contribution in [-0.2, 0) is 0 Å². The lowest BCUT2D eigenvalue weighted by atomic mass is 9.90. The summed E-state index contributed by atoms with van der Waals surface area (Å²) in [5.41, 5.74) is 5.73. The van der Waals surface area contributed by atoms with Crippen LogP contribution in [0.1, 0.15) is 62.8 Å². The number of hydrogen-bond donors (Lipinski definition) is 4. The van der Waals surface area contributed by atoms with Gasteiger partial charge in [0.15, 0.2) is 0 Å². The molecule has 1 aromatic carbocycles. The molecule has 8 heteroatoms. The van der Waals surface area contributed by atoms with Crippen LogP contribution >= 0.6 is 24.2 Å². The van der Waals surface area contributed by atoms with Crippen LogP contribution in [0.5, 0.6) is 0 Å². The fraction of sp³-hybridized carbons (Fsp3) is 0.591. The number of benzene rings is 1. The fourth-order valence-corrected chi connectivity index (χ4v) is 5.99. The summed E-state index contributed by atoms with van der Waals surface area (Å²) in [6, 6.07) is 6.20. The van der Waals surface area contributed by atoms with Crippen molar-refractivity contribution >= 4 is 35.5 Å². The van der Waals surface area contributed by atoms with Crippen molar-refractivity contribution in [1.82, 2.24) is 14.6 Å². The topological polar surface area (TPSA) is 68.6 Å². The van der Waals surface area contributed by atoms with Gasteiger partial charge in [0.25, 0.3) is 0 Å². The zero-order chi connectivity index (χ0) is 21.1. The maximum absolute atomic E-state index is 11.1. The van der Waals surface area contributed by atoms with E-state index in [1.165, 1.54) is 37.1 Å². The number of quaternary nitrogens is 1. The van der Waals surface area contributed by atoms with E-state index in [2.05, 4.69) is 35.3 Å². The molecule has 6 nitrogen and oxygen atoms in total. The molecule has 0 amide bonds. The maximum Gasteiger partial charge on any atom is 0.208 e. The lowest BCUT2D eigenvalue weighted by molar-refractivity contribution is -0.0185. The van der Waals surface area contributed by atoms with Gasteiger partial charge in [0.1, 0.15) is 12.8 Å². The van der Waals surface area contributed by atoms with E-state index in [-0.39, 0.29) is 6.10 Å². The van der Waals surface area contributed by atoms with Gasteiger partial charge in [0.05, 0.1) is 21.6 Å². The van der Waals surface area contributed by atoms with Crippen LogP contribution in [0.2, 0.25) is 0 Å². The minimum Gasteiger partial charge on any atom is -0.393 e. The van der Waals surface area contributed by atoms with Gasteiger partial charge in [-0.2, -0.15) is 5.21 Å². The molecule has 1 saturated heterocycles. The number of thiol groups is 1. The van der Waals surface area contributed by atoms with Crippen molar-refractivity contribution in [3.05, 3.63) is 29.4 Å². The van der Waals surface area contributed by atoms with Crippen LogP contribution in [-0.4, -0.2) is 41.0 Å². The number of nitrogens with zero attached hydrogens (tertiary/aromatic N) is 3. The molecule has 2 aliphatic rings. The molecule has 164 valence electrons. The second kappa shape index (κ2) is 9.54. The highest BCUT2D eigenvalue weighted by Crippen LogP contribution is 2.43. The van der Waals surface area contributed by atoms with Crippen molar-refractivity contribution in [2.75, 3.05) is 24.5 Å². The maximum atomic E-state index is 11.1. The summed E-state index contributed by atoms with van der Waals surface area (Å²) < 4.78 is -0.674. The standard InChI is InChI=1S/C22H33N4O2S2/c1-2-24-26(28,29)20-14-17(25-12-10-18(27)11-13-25)8-9-19(20)21-15-23-22(30-21)16-6-4-3-5-7-16/h8-9,14-16,18,24,27-29H,2-7,10-13H2,1H3/q+1. The van der Waals surface area contributed by atoms with Crippen molar-refractivity contribution < 1.29 is 10.3 Å². The van der Waals surface area contributed by atoms with Crippen LogP contribution in [0.15, 0.2) is 24.4 Å². The van der Waals surface area contributed by atoms with Crippen LogP contribution in [0.3, 0.4) is 0 Å². The molecule has 1 aromatic heterocycles. The van der Waals surface area contributed by atoms with Gasteiger partial charge in [0.2, 0.25) is 5.69 Å². The Bertz CT molecular complexity index is 843. The predicted octanol–water partition coefficient (Wildman–Crippen LogP) is 4.88. The molecule has 0 radical (unpaired) electrons. The van der Waals surface area contributed by atoms with Crippen molar-refractivity contribution in [1.29, 1.82) is 0 Å². The van der Waals surface area contributed by atoms with E-state index in [4.69, 9.17) is 4.98 Å². The molecule has 3 N–H and O–H groups in total. The van der Waals surface area contributed by atoms with Crippen LogP contribution in [0, 0.1) is 0 Å². The number of aliphatic hydroxyl groups excluding tert-OH is 1. The zero-order valence-electron chi connectivity index (χ0n) is 17.6. The molecule has 0 bridgehead atoms. The van der Waals surface area contributed by atoms with Crippen LogP contribution < -0.4 is 14.5 Å². The third kappa shape index (κ3) is 4.84. The number of aliphatic hydroxyl groups is 1. The minimum absolute atomic E-state index is 0.213. The number of nitrogens with one attached hydrogen (secondary N) is 1. The number of aromatic nitrogens is 1. The number of piperidine rings is 1. The molecule has 1 atom stereocenters. The Labute approximate surface area is 188 Å². The Balaban J connectivity index is 1.67. The number of anilines is 1. The summed E-state index contributed by atoms with van der Waals surface area (Å²) >= 11 is 6.26. The molecule has 2 heterocycles. The monoisotopic (exact) mass is 449 g/mol. The van der Waals surface area contributed by atoms with E-state index < -0.39 is 4.16 Å². The largest absolute Gasteiger partial charge is 0.393 e. The van der Waals surface area contributed by atoms with E-state index in [1.54, 1.807) is 11.3 Å². The summed E-state index contributed by atoms with van der Waals surface area (Å²) in [5, 5.41) is 22.1. The first-order valence-electron chi connectivity index (χ1n) is 11.1. The van der Waals surface area contributed by atoms with Crippen LogP contribution in [0.4, 0.5) is 11.4 Å².